The van der Waals surface area contributed by atoms with Gasteiger partial charge in [0, 0.05) is 41.2 Å². The molecule has 4 aliphatic carbocycles. The maximum Gasteiger partial charge on any atom is 0.251 e. The molecule has 52 heavy (non-hydrogen) atoms. The summed E-state index contributed by atoms with van der Waals surface area (Å²) >= 11 is 0. The summed E-state index contributed by atoms with van der Waals surface area (Å²) < 4.78 is 6.60. The van der Waals surface area contributed by atoms with Crippen molar-refractivity contribution in [2.24, 2.45) is 35.0 Å². The summed E-state index contributed by atoms with van der Waals surface area (Å²) in [5.41, 5.74) is 3.47. The number of aliphatic hydroxyl groups is 2. The Hall–Kier alpha value is -3.02. The summed E-state index contributed by atoms with van der Waals surface area (Å²) in [5, 5.41) is 29.5. The lowest BCUT2D eigenvalue weighted by Gasteiger charge is -2.62. The Morgan fingerprint density at radius 3 is 2.60 bits per heavy atom. The molecule has 10 nitrogen and oxygen atoms in total. The van der Waals surface area contributed by atoms with Gasteiger partial charge in [-0.05, 0) is 105 Å². The van der Waals surface area contributed by atoms with E-state index in [1.165, 1.54) is 6.42 Å². The number of hydrogen-bond donors (Lipinski definition) is 4. The van der Waals surface area contributed by atoms with Gasteiger partial charge in [-0.1, -0.05) is 58.0 Å². The highest BCUT2D eigenvalue weighted by atomic mass is 16.7. The summed E-state index contributed by atoms with van der Waals surface area (Å²) in [6.07, 6.45) is 5.09. The molecule has 10 heteroatoms. The normalized spacial score (nSPS) is 31.9. The fourth-order valence-electron chi connectivity index (χ4n) is 9.93. The van der Waals surface area contributed by atoms with Gasteiger partial charge in [0.25, 0.3) is 5.91 Å². The first-order valence-corrected chi connectivity index (χ1v) is 19.9. The van der Waals surface area contributed by atoms with Crippen molar-refractivity contribution in [3.8, 4) is 16.9 Å². The number of nitrogens with one attached hydrogen (secondary N) is 2. The van der Waals surface area contributed by atoms with E-state index in [1.54, 1.807) is 12.0 Å². The van der Waals surface area contributed by atoms with E-state index in [9.17, 15) is 19.8 Å². The number of likely N-dealkylation sites (tertiary alicyclic amines) is 1. The zero-order chi connectivity index (χ0) is 36.7. The second-order valence-electron chi connectivity index (χ2n) is 17.0. The van der Waals surface area contributed by atoms with Gasteiger partial charge < -0.3 is 25.6 Å². The van der Waals surface area contributed by atoms with Gasteiger partial charge in [0.2, 0.25) is 5.91 Å². The monoisotopic (exact) mass is 716 g/mol. The van der Waals surface area contributed by atoms with E-state index >= 15 is 0 Å². The molecule has 2 aromatic carbocycles. The molecule has 2 aliphatic heterocycles. The minimum absolute atomic E-state index is 0.0583. The van der Waals surface area contributed by atoms with Crippen molar-refractivity contribution in [1.29, 1.82) is 0 Å². The highest BCUT2D eigenvalue weighted by molar-refractivity contribution is 5.95. The summed E-state index contributed by atoms with van der Waals surface area (Å²) in [6, 6.07) is 13.3. The molecule has 0 radical (unpaired) electrons. The Bertz CT molecular complexity index is 1590. The molecular weight excluding hydrogens is 656 g/mol. The minimum atomic E-state index is -0.876. The standard InChI is InChI=1S/C42H60N4O6/c1-6-45-17-9-13-32(45)21-43-40(49)29-11-7-10-28(18-29)33-14-8-12-30(39(33)51-24-27-15-16-27)22-46-38(37(26(3)48)36(23-47)52-46)41(50)44-35-20-31-19-34(25(35)2)42(31,4)5/h7-8,10-12,14,18,25-27,31-32,34-38,47-48H,6,9,13,15-17,19-24H2,1-5H3,(H,43,49)(H,44,50)/t25-,26-,31+,32-,34+,35-,36-,37+,38-/m0/s1. The first-order chi connectivity index (χ1) is 25.0. The Labute approximate surface area is 309 Å². The maximum atomic E-state index is 14.3. The number of hydroxylamine groups is 2. The van der Waals surface area contributed by atoms with Gasteiger partial charge in [0.1, 0.15) is 17.9 Å². The van der Waals surface area contributed by atoms with Crippen molar-refractivity contribution < 1.29 is 29.4 Å². The lowest BCUT2D eigenvalue weighted by molar-refractivity contribution is -0.183. The third kappa shape index (κ3) is 7.38. The van der Waals surface area contributed by atoms with Crippen LogP contribution in [0.25, 0.3) is 11.1 Å². The molecule has 8 rings (SSSR count). The van der Waals surface area contributed by atoms with Crippen LogP contribution in [0.2, 0.25) is 0 Å². The molecule has 2 heterocycles. The van der Waals surface area contributed by atoms with Gasteiger partial charge in [0.05, 0.1) is 25.9 Å². The lowest BCUT2D eigenvalue weighted by Crippen LogP contribution is -2.62. The zero-order valence-corrected chi connectivity index (χ0v) is 31.7. The lowest BCUT2D eigenvalue weighted by atomic mass is 9.45. The fraction of sp³-hybridized carbons (Fsp3) is 0.667. The number of para-hydroxylation sites is 1. The van der Waals surface area contributed by atoms with Crippen LogP contribution >= 0.6 is 0 Å². The van der Waals surface area contributed by atoms with Crippen molar-refractivity contribution in [1.82, 2.24) is 20.6 Å². The molecule has 0 aromatic heterocycles. The van der Waals surface area contributed by atoms with Crippen molar-refractivity contribution in [2.75, 3.05) is 32.8 Å². The Morgan fingerprint density at radius 2 is 1.90 bits per heavy atom. The summed E-state index contributed by atoms with van der Waals surface area (Å²) in [5.74, 6) is 1.84. The van der Waals surface area contributed by atoms with Crippen molar-refractivity contribution in [2.45, 2.75) is 110 Å². The van der Waals surface area contributed by atoms with Crippen molar-refractivity contribution in [3.05, 3.63) is 53.6 Å². The molecule has 6 fully saturated rings. The molecule has 2 aromatic rings. The molecule has 0 spiro atoms. The molecule has 284 valence electrons. The van der Waals surface area contributed by atoms with Gasteiger partial charge in [0.15, 0.2) is 0 Å². The third-order valence-corrected chi connectivity index (χ3v) is 13.5. The van der Waals surface area contributed by atoms with Crippen LogP contribution < -0.4 is 15.4 Å². The van der Waals surface area contributed by atoms with E-state index in [4.69, 9.17) is 9.57 Å². The quantitative estimate of drug-likeness (QED) is 0.215. The van der Waals surface area contributed by atoms with Crippen LogP contribution in [0.3, 0.4) is 0 Å². The van der Waals surface area contributed by atoms with Crippen LogP contribution in [0, 0.1) is 35.0 Å². The molecular formula is C42H60N4O6. The summed E-state index contributed by atoms with van der Waals surface area (Å²) in [6.45, 7) is 14.0. The number of fused-ring (bicyclic) bond motifs is 2. The van der Waals surface area contributed by atoms with Gasteiger partial charge in [-0.2, -0.15) is 5.06 Å². The first-order valence-electron chi connectivity index (χ1n) is 19.9. The van der Waals surface area contributed by atoms with Crippen molar-refractivity contribution in [3.63, 3.8) is 0 Å². The van der Waals surface area contributed by atoms with E-state index in [1.807, 2.05) is 42.5 Å². The number of aliphatic hydroxyl groups excluding tert-OH is 2. The van der Waals surface area contributed by atoms with E-state index in [-0.39, 0.29) is 31.0 Å². The van der Waals surface area contributed by atoms with Crippen LogP contribution in [-0.2, 0) is 16.2 Å². The largest absolute Gasteiger partial charge is 0.492 e. The molecule has 2 amide bonds. The van der Waals surface area contributed by atoms with E-state index < -0.39 is 24.2 Å². The zero-order valence-electron chi connectivity index (χ0n) is 31.7. The molecule has 9 atom stereocenters. The number of ether oxygens (including phenoxy) is 1. The third-order valence-electron chi connectivity index (χ3n) is 13.5. The number of benzene rings is 2. The van der Waals surface area contributed by atoms with Gasteiger partial charge in [-0.25, -0.2) is 0 Å². The number of nitrogens with zero attached hydrogens (tertiary/aromatic N) is 2. The average molecular weight is 717 g/mol. The predicted octanol–water partition coefficient (Wildman–Crippen LogP) is 5.02. The molecule has 6 aliphatic rings. The number of hydrogen-bond acceptors (Lipinski definition) is 8. The van der Waals surface area contributed by atoms with Gasteiger partial charge in [-0.15, -0.1) is 0 Å². The van der Waals surface area contributed by atoms with Crippen LogP contribution in [0.4, 0.5) is 0 Å². The maximum absolute atomic E-state index is 14.3. The number of carbonyl (C=O) groups is 2. The molecule has 4 N–H and O–H groups in total. The van der Waals surface area contributed by atoms with Crippen LogP contribution in [0.5, 0.6) is 5.75 Å². The Kier molecular flexibility index (Phi) is 11.0. The number of rotatable bonds is 14. The van der Waals surface area contributed by atoms with Crippen LogP contribution in [0.15, 0.2) is 42.5 Å². The summed E-state index contributed by atoms with van der Waals surface area (Å²) in [4.78, 5) is 36.4. The summed E-state index contributed by atoms with van der Waals surface area (Å²) in [7, 11) is 0. The number of carbonyl (C=O) groups excluding carboxylic acids is 2. The number of likely N-dealkylation sites (N-methyl/N-ethyl adjacent to an activating group) is 1. The molecule has 0 unspecified atom stereocenters. The average Bonchev–Trinajstić information content (AvgIpc) is 3.72. The first kappa shape index (κ1) is 37.3. The van der Waals surface area contributed by atoms with Gasteiger partial charge in [-0.3, -0.25) is 19.3 Å². The smallest absolute Gasteiger partial charge is 0.251 e. The van der Waals surface area contributed by atoms with E-state index in [0.717, 1.165) is 61.9 Å². The second-order valence-corrected chi connectivity index (χ2v) is 17.0. The van der Waals surface area contributed by atoms with E-state index in [0.29, 0.717) is 59.6 Å². The van der Waals surface area contributed by atoms with E-state index in [2.05, 4.69) is 43.2 Å². The predicted molar refractivity (Wildman–Crippen MR) is 200 cm³/mol. The van der Waals surface area contributed by atoms with Gasteiger partial charge >= 0.3 is 0 Å². The topological polar surface area (TPSA) is 124 Å². The molecule has 2 saturated heterocycles. The highest BCUT2D eigenvalue weighted by Crippen LogP contribution is 2.61. The van der Waals surface area contributed by atoms with Crippen LogP contribution in [0.1, 0.15) is 89.1 Å². The number of amides is 2. The highest BCUT2D eigenvalue weighted by Gasteiger charge is 2.57. The Morgan fingerprint density at radius 1 is 1.12 bits per heavy atom. The van der Waals surface area contributed by atoms with Crippen LogP contribution in [-0.4, -0.2) is 95.2 Å². The minimum Gasteiger partial charge on any atom is -0.492 e. The molecule has 2 bridgehead atoms. The molecule has 4 saturated carbocycles. The Balaban J connectivity index is 1.13. The van der Waals surface area contributed by atoms with Crippen molar-refractivity contribution >= 4 is 11.8 Å². The SMILES string of the molecule is CCN1CCC[C@H]1CNC(=O)c1cccc(-c2cccc(CN3O[C@@H](CO)[C@@H]([C@H](C)O)[C@H]3C(=O)N[C@H]3C[C@H]4C[C@H]([C@@H]3C)C4(C)C)c2OCC2CC2)c1. The fourth-order valence-corrected chi connectivity index (χ4v) is 9.93. The second kappa shape index (κ2) is 15.4.